The van der Waals surface area contributed by atoms with Gasteiger partial charge in [-0.15, -0.1) is 0 Å². The number of likely N-dealkylation sites (N-methyl/N-ethyl adjacent to an activating group) is 2. The minimum atomic E-state index is -1.26. The van der Waals surface area contributed by atoms with Crippen LogP contribution in [0.2, 0.25) is 0 Å². The molecule has 0 atom stereocenters. The molecular formula is C62H92N16O10. The Labute approximate surface area is 516 Å². The normalized spacial score (nSPS) is 19.0. The van der Waals surface area contributed by atoms with E-state index in [2.05, 4.69) is 86.9 Å². The van der Waals surface area contributed by atoms with E-state index in [1.54, 1.807) is 14.2 Å². The van der Waals surface area contributed by atoms with Gasteiger partial charge < -0.3 is 81.5 Å². The fourth-order valence-electron chi connectivity index (χ4n) is 12.0. The zero-order chi connectivity index (χ0) is 62.7. The molecule has 0 aliphatic carbocycles. The summed E-state index contributed by atoms with van der Waals surface area (Å²) in [5.41, 5.74) is 16.8. The van der Waals surface area contributed by atoms with Crippen LogP contribution in [0.1, 0.15) is 97.6 Å². The SMILES string of the molecule is CCc1nc(C(N)=O)c(Nc2ccc(N3CCC(N4CCN(C)CC4)CC3)c(OC)c2)nc1NC1CCOCC1.CCc1nc(C(N)=O)c(Nc2ccc(N3CCC(N4CCN(C)CC4)CC3)c(OC)c2)nc1NC1CCOCC1.O=C(O)C=CC(=O)O. The molecule has 26 nitrogen and oxygen atoms in total. The van der Waals surface area contributed by atoms with Gasteiger partial charge in [-0.25, -0.2) is 29.5 Å². The minimum absolute atomic E-state index is 0.128. The topological polar surface area (TPSA) is 317 Å². The number of hydrogen-bond acceptors (Lipinski definition) is 22. The number of piperazine rings is 2. The highest BCUT2D eigenvalue weighted by Gasteiger charge is 2.31. The van der Waals surface area contributed by atoms with Crippen LogP contribution in [0.5, 0.6) is 11.5 Å². The van der Waals surface area contributed by atoms with E-state index in [0.29, 0.717) is 60.3 Å². The molecule has 0 unspecified atom stereocenters. The zero-order valence-electron chi connectivity index (χ0n) is 52.1. The maximum Gasteiger partial charge on any atom is 0.328 e. The Balaban J connectivity index is 0.000000203. The molecule has 8 heterocycles. The summed E-state index contributed by atoms with van der Waals surface area (Å²) >= 11 is 0. The van der Waals surface area contributed by atoms with E-state index in [9.17, 15) is 19.2 Å². The van der Waals surface area contributed by atoms with Crippen LogP contribution < -0.4 is 52.0 Å². The number of carboxylic acid groups (broad SMARTS) is 2. The predicted molar refractivity (Wildman–Crippen MR) is 340 cm³/mol. The molecule has 2 amide bonds. The van der Waals surface area contributed by atoms with Crippen molar-refractivity contribution in [1.29, 1.82) is 0 Å². The molecule has 10 rings (SSSR count). The molecule has 4 aromatic rings. The lowest BCUT2D eigenvalue weighted by atomic mass is 10.0. The number of carboxylic acids is 2. The third kappa shape index (κ3) is 18.5. The van der Waals surface area contributed by atoms with Gasteiger partial charge in [0, 0.05) is 165 Å². The summed E-state index contributed by atoms with van der Waals surface area (Å²) in [6.45, 7) is 20.1. The molecule has 2 aromatic heterocycles. The number of hydrogen-bond donors (Lipinski definition) is 8. The number of aromatic nitrogens is 4. The van der Waals surface area contributed by atoms with Crippen LogP contribution in [-0.4, -0.2) is 231 Å². The van der Waals surface area contributed by atoms with E-state index < -0.39 is 23.8 Å². The van der Waals surface area contributed by atoms with Gasteiger partial charge in [-0.1, -0.05) is 13.8 Å². The van der Waals surface area contributed by atoms with E-state index in [-0.39, 0.29) is 23.5 Å². The van der Waals surface area contributed by atoms with Crippen molar-refractivity contribution in [3.05, 3.63) is 71.3 Å². The number of primary amides is 2. The second-order valence-corrected chi connectivity index (χ2v) is 23.1. The molecule has 88 heavy (non-hydrogen) atoms. The molecule has 26 heteroatoms. The van der Waals surface area contributed by atoms with Crippen molar-refractivity contribution in [2.45, 2.75) is 102 Å². The lowest BCUT2D eigenvalue weighted by Crippen LogP contribution is -2.52. The second kappa shape index (κ2) is 32.6. The number of ether oxygens (including phenoxy) is 4. The van der Waals surface area contributed by atoms with Crippen LogP contribution in [0.25, 0.3) is 0 Å². The second-order valence-electron chi connectivity index (χ2n) is 23.1. The third-order valence-corrected chi connectivity index (χ3v) is 17.2. The third-order valence-electron chi connectivity index (χ3n) is 17.2. The summed E-state index contributed by atoms with van der Waals surface area (Å²) in [7, 11) is 7.80. The minimum Gasteiger partial charge on any atom is -0.495 e. The quantitative estimate of drug-likeness (QED) is 0.0533. The maximum absolute atomic E-state index is 12.3. The van der Waals surface area contributed by atoms with E-state index >= 15 is 0 Å². The van der Waals surface area contributed by atoms with E-state index in [1.165, 1.54) is 0 Å². The van der Waals surface area contributed by atoms with Gasteiger partial charge in [0.1, 0.15) is 11.5 Å². The summed E-state index contributed by atoms with van der Waals surface area (Å²) in [4.78, 5) is 77.5. The number of carbonyl (C=O) groups is 4. The first kappa shape index (κ1) is 66.3. The summed E-state index contributed by atoms with van der Waals surface area (Å²) in [5, 5.41) is 29.2. The van der Waals surface area contributed by atoms with Crippen LogP contribution in [0, 0.1) is 0 Å². The number of methoxy groups -OCH3 is 2. The Bertz CT molecular complexity index is 2790. The van der Waals surface area contributed by atoms with Gasteiger partial charge in [-0.3, -0.25) is 19.4 Å². The molecular weight excluding hydrogens is 1130 g/mol. The molecule has 6 saturated heterocycles. The largest absolute Gasteiger partial charge is 0.495 e. The molecule has 10 N–H and O–H groups in total. The molecule has 480 valence electrons. The van der Waals surface area contributed by atoms with Gasteiger partial charge >= 0.3 is 11.9 Å². The Morgan fingerprint density at radius 1 is 0.534 bits per heavy atom. The predicted octanol–water partition coefficient (Wildman–Crippen LogP) is 5.11. The smallest absolute Gasteiger partial charge is 0.328 e. The molecule has 6 aliphatic rings. The molecule has 0 saturated carbocycles. The van der Waals surface area contributed by atoms with Crippen molar-refractivity contribution in [1.82, 2.24) is 39.5 Å². The summed E-state index contributed by atoms with van der Waals surface area (Å²) in [6.07, 6.45) is 10.6. The molecule has 0 spiro atoms. The monoisotopic (exact) mass is 1220 g/mol. The highest BCUT2D eigenvalue weighted by Crippen LogP contribution is 2.37. The number of rotatable bonds is 20. The summed E-state index contributed by atoms with van der Waals surface area (Å²) < 4.78 is 22.6. The molecule has 0 radical (unpaired) electrons. The Hall–Kier alpha value is -7.62. The maximum atomic E-state index is 12.3. The van der Waals surface area contributed by atoms with Crippen molar-refractivity contribution in [2.24, 2.45) is 11.5 Å². The average Bonchev–Trinajstić information content (AvgIpc) is 1.96. The van der Waals surface area contributed by atoms with Crippen LogP contribution in [0.3, 0.4) is 0 Å². The highest BCUT2D eigenvalue weighted by molar-refractivity contribution is 5.97. The van der Waals surface area contributed by atoms with Crippen LogP contribution >= 0.6 is 0 Å². The van der Waals surface area contributed by atoms with Gasteiger partial charge in [0.15, 0.2) is 34.7 Å². The number of benzene rings is 2. The van der Waals surface area contributed by atoms with Gasteiger partial charge in [0.05, 0.1) is 37.0 Å². The number of nitrogens with zero attached hydrogens (tertiary/aromatic N) is 10. The Morgan fingerprint density at radius 3 is 1.19 bits per heavy atom. The van der Waals surface area contributed by atoms with Gasteiger partial charge in [0.2, 0.25) is 0 Å². The molecule has 6 fully saturated rings. The highest BCUT2D eigenvalue weighted by atomic mass is 16.5. The van der Waals surface area contributed by atoms with E-state index in [4.69, 9.17) is 50.6 Å². The number of nitrogens with one attached hydrogen (secondary N) is 4. The lowest BCUT2D eigenvalue weighted by molar-refractivity contribution is -0.134. The van der Waals surface area contributed by atoms with Gasteiger partial charge in [-0.05, 0) is 103 Å². The number of anilines is 8. The number of piperidine rings is 2. The van der Waals surface area contributed by atoms with Crippen molar-refractivity contribution < 1.29 is 48.3 Å². The number of carbonyl (C=O) groups excluding carboxylic acids is 2. The molecule has 0 bridgehead atoms. The van der Waals surface area contributed by atoms with E-state index in [1.807, 2.05) is 38.1 Å². The number of nitrogens with two attached hydrogens (primary N) is 2. The average molecular weight is 1220 g/mol. The van der Waals surface area contributed by atoms with Crippen LogP contribution in [-0.2, 0) is 31.9 Å². The molecule has 2 aromatic carbocycles. The van der Waals surface area contributed by atoms with Crippen LogP contribution in [0.15, 0.2) is 48.6 Å². The number of amides is 2. The number of aryl methyl sites for hydroxylation is 2. The van der Waals surface area contributed by atoms with Crippen molar-refractivity contribution in [2.75, 3.05) is 164 Å². The summed E-state index contributed by atoms with van der Waals surface area (Å²) in [5.74, 6) is -0.167. The first-order valence-electron chi connectivity index (χ1n) is 31.0. The first-order chi connectivity index (χ1) is 42.5. The van der Waals surface area contributed by atoms with Crippen LogP contribution in [0.4, 0.5) is 46.0 Å². The van der Waals surface area contributed by atoms with Gasteiger partial charge in [-0.2, -0.15) is 0 Å². The van der Waals surface area contributed by atoms with Crippen molar-refractivity contribution in [3.63, 3.8) is 0 Å². The van der Waals surface area contributed by atoms with Crippen molar-refractivity contribution >= 4 is 69.8 Å². The zero-order valence-corrected chi connectivity index (χ0v) is 52.1. The fraction of sp³-hybridized carbons (Fsp3) is 0.581. The fourth-order valence-corrected chi connectivity index (χ4v) is 12.0. The molecule has 6 aliphatic heterocycles. The van der Waals surface area contributed by atoms with Gasteiger partial charge in [0.25, 0.3) is 11.8 Å². The van der Waals surface area contributed by atoms with E-state index in [0.717, 1.165) is 202 Å². The first-order valence-corrected chi connectivity index (χ1v) is 31.0. The summed E-state index contributed by atoms with van der Waals surface area (Å²) in [6, 6.07) is 13.9. The number of aliphatic carboxylic acids is 2. The standard InChI is InChI=1S/2C29H44N8O3.C4H4O4/c2*1-4-23-28(31-20-9-17-40-18-10-20)34-29(26(33-23)27(30)38)32-21-5-6-24(25(19-21)39-3)37-11-7-22(8-12-37)36-15-13-35(2)14-16-36;5-3(6)1-2-4(7)8/h2*5-6,19-20,22H,4,7-18H2,1-3H3,(H2,30,38)(H2,31,32,34);1-2H,(H,5,6)(H,7,8). The Kier molecular flexibility index (Phi) is 24.5. The lowest BCUT2D eigenvalue weighted by Gasteiger charge is -2.42. The van der Waals surface area contributed by atoms with Crippen molar-refractivity contribution in [3.8, 4) is 11.5 Å². The Morgan fingerprint density at radius 2 is 0.886 bits per heavy atom.